The third kappa shape index (κ3) is 3.31. The standard InChI is InChI=1S/C15H17N3O/c1-2-12(11-7-4-3-5-8-11)18-15(19)13-9-6-10-14(16)17-13/h3-10,12H,2H2,1H3,(H2,16,17)(H,18,19). The molecule has 0 aliphatic carbocycles. The maximum atomic E-state index is 12.1. The van der Waals surface area contributed by atoms with E-state index in [1.165, 1.54) is 0 Å². The highest BCUT2D eigenvalue weighted by Gasteiger charge is 2.14. The minimum Gasteiger partial charge on any atom is -0.384 e. The van der Waals surface area contributed by atoms with Crippen molar-refractivity contribution in [3.8, 4) is 0 Å². The fourth-order valence-electron chi connectivity index (χ4n) is 1.92. The monoisotopic (exact) mass is 255 g/mol. The number of hydrogen-bond acceptors (Lipinski definition) is 3. The van der Waals surface area contributed by atoms with E-state index in [2.05, 4.69) is 10.3 Å². The van der Waals surface area contributed by atoms with Crippen LogP contribution in [0.25, 0.3) is 0 Å². The first-order valence-electron chi connectivity index (χ1n) is 6.29. The van der Waals surface area contributed by atoms with E-state index in [1.807, 2.05) is 37.3 Å². The van der Waals surface area contributed by atoms with Gasteiger partial charge in [0.1, 0.15) is 11.5 Å². The van der Waals surface area contributed by atoms with Crippen LogP contribution < -0.4 is 11.1 Å². The summed E-state index contributed by atoms with van der Waals surface area (Å²) in [6.07, 6.45) is 0.818. The summed E-state index contributed by atoms with van der Waals surface area (Å²) < 4.78 is 0. The van der Waals surface area contributed by atoms with E-state index in [-0.39, 0.29) is 11.9 Å². The van der Waals surface area contributed by atoms with Crippen LogP contribution in [0.15, 0.2) is 48.5 Å². The normalized spacial score (nSPS) is 11.8. The highest BCUT2D eigenvalue weighted by Crippen LogP contribution is 2.16. The molecule has 0 aliphatic rings. The minimum absolute atomic E-state index is 0.0167. The molecule has 1 heterocycles. The molecule has 0 saturated carbocycles. The molecule has 0 aliphatic heterocycles. The van der Waals surface area contributed by atoms with Crippen molar-refractivity contribution < 1.29 is 4.79 Å². The van der Waals surface area contributed by atoms with Gasteiger partial charge in [-0.05, 0) is 24.1 Å². The van der Waals surface area contributed by atoms with E-state index in [0.717, 1.165) is 12.0 Å². The smallest absolute Gasteiger partial charge is 0.270 e. The number of anilines is 1. The highest BCUT2D eigenvalue weighted by atomic mass is 16.1. The first-order valence-corrected chi connectivity index (χ1v) is 6.29. The summed E-state index contributed by atoms with van der Waals surface area (Å²) in [5.41, 5.74) is 7.01. The largest absolute Gasteiger partial charge is 0.384 e. The van der Waals surface area contributed by atoms with Gasteiger partial charge < -0.3 is 11.1 Å². The second kappa shape index (κ2) is 6.00. The van der Waals surface area contributed by atoms with Crippen LogP contribution in [0.4, 0.5) is 5.82 Å². The van der Waals surface area contributed by atoms with Gasteiger partial charge in [0.15, 0.2) is 0 Å². The van der Waals surface area contributed by atoms with Gasteiger partial charge >= 0.3 is 0 Å². The number of aromatic nitrogens is 1. The van der Waals surface area contributed by atoms with Gasteiger partial charge in [0, 0.05) is 0 Å². The lowest BCUT2D eigenvalue weighted by atomic mass is 10.0. The molecule has 4 nitrogen and oxygen atoms in total. The van der Waals surface area contributed by atoms with E-state index in [1.54, 1.807) is 18.2 Å². The second-order valence-corrected chi connectivity index (χ2v) is 4.29. The second-order valence-electron chi connectivity index (χ2n) is 4.29. The summed E-state index contributed by atoms with van der Waals surface area (Å²) in [7, 11) is 0. The van der Waals surface area contributed by atoms with E-state index < -0.39 is 0 Å². The summed E-state index contributed by atoms with van der Waals surface area (Å²) in [6.45, 7) is 2.03. The number of benzene rings is 1. The van der Waals surface area contributed by atoms with Crippen molar-refractivity contribution in [1.82, 2.24) is 10.3 Å². The van der Waals surface area contributed by atoms with Crippen molar-refractivity contribution in [3.63, 3.8) is 0 Å². The summed E-state index contributed by atoms with van der Waals surface area (Å²) >= 11 is 0. The van der Waals surface area contributed by atoms with E-state index in [4.69, 9.17) is 5.73 Å². The lowest BCUT2D eigenvalue weighted by molar-refractivity contribution is 0.0930. The fraction of sp³-hybridized carbons (Fsp3) is 0.200. The molecule has 0 spiro atoms. The van der Waals surface area contributed by atoms with Crippen molar-refractivity contribution in [3.05, 3.63) is 59.8 Å². The number of amides is 1. The molecule has 1 amide bonds. The van der Waals surface area contributed by atoms with Crippen molar-refractivity contribution in [2.45, 2.75) is 19.4 Å². The van der Waals surface area contributed by atoms with Gasteiger partial charge in [-0.15, -0.1) is 0 Å². The number of rotatable bonds is 4. The molecule has 19 heavy (non-hydrogen) atoms. The van der Waals surface area contributed by atoms with Gasteiger partial charge in [0.25, 0.3) is 5.91 Å². The van der Waals surface area contributed by atoms with Gasteiger partial charge in [0.2, 0.25) is 0 Å². The third-order valence-corrected chi connectivity index (χ3v) is 2.92. The first-order chi connectivity index (χ1) is 9.20. The molecule has 1 aromatic carbocycles. The lowest BCUT2D eigenvalue weighted by Crippen LogP contribution is -2.28. The SMILES string of the molecule is CCC(NC(=O)c1cccc(N)n1)c1ccccc1. The number of carbonyl (C=O) groups is 1. The molecule has 2 rings (SSSR count). The third-order valence-electron chi connectivity index (χ3n) is 2.92. The predicted molar refractivity (Wildman–Crippen MR) is 75.6 cm³/mol. The van der Waals surface area contributed by atoms with Gasteiger partial charge in [-0.3, -0.25) is 4.79 Å². The Morgan fingerprint density at radius 1 is 1.21 bits per heavy atom. The number of nitrogen functional groups attached to an aromatic ring is 1. The Labute approximate surface area is 112 Å². The van der Waals surface area contributed by atoms with Crippen molar-refractivity contribution in [2.75, 3.05) is 5.73 Å². The average molecular weight is 255 g/mol. The molecule has 98 valence electrons. The van der Waals surface area contributed by atoms with Crippen LogP contribution >= 0.6 is 0 Å². The Balaban J connectivity index is 2.13. The van der Waals surface area contributed by atoms with E-state index in [0.29, 0.717) is 11.5 Å². The molecule has 2 aromatic rings. The summed E-state index contributed by atoms with van der Waals surface area (Å²) in [5, 5.41) is 2.97. The van der Waals surface area contributed by atoms with E-state index in [9.17, 15) is 4.79 Å². The minimum atomic E-state index is -0.206. The quantitative estimate of drug-likeness (QED) is 0.882. The first kappa shape index (κ1) is 13.1. The molecule has 4 heteroatoms. The summed E-state index contributed by atoms with van der Waals surface area (Å²) in [6, 6.07) is 14.9. The van der Waals surface area contributed by atoms with Gasteiger partial charge in [-0.2, -0.15) is 0 Å². The van der Waals surface area contributed by atoms with Crippen LogP contribution in [0.5, 0.6) is 0 Å². The van der Waals surface area contributed by atoms with Gasteiger partial charge in [0.05, 0.1) is 6.04 Å². The number of hydrogen-bond donors (Lipinski definition) is 2. The van der Waals surface area contributed by atoms with E-state index >= 15 is 0 Å². The van der Waals surface area contributed by atoms with Crippen molar-refractivity contribution in [2.24, 2.45) is 0 Å². The molecule has 1 atom stereocenters. The van der Waals surface area contributed by atoms with Crippen molar-refractivity contribution >= 4 is 11.7 Å². The Morgan fingerprint density at radius 2 is 1.95 bits per heavy atom. The number of nitrogens with two attached hydrogens (primary N) is 1. The Morgan fingerprint density at radius 3 is 2.58 bits per heavy atom. The molecule has 3 N–H and O–H groups in total. The van der Waals surface area contributed by atoms with Gasteiger partial charge in [-0.1, -0.05) is 43.3 Å². The van der Waals surface area contributed by atoms with Crippen LogP contribution in [-0.2, 0) is 0 Å². The molecule has 0 radical (unpaired) electrons. The summed E-state index contributed by atoms with van der Waals surface area (Å²) in [4.78, 5) is 16.1. The molecular formula is C15H17N3O. The molecule has 0 bridgehead atoms. The zero-order chi connectivity index (χ0) is 13.7. The van der Waals surface area contributed by atoms with Crippen molar-refractivity contribution in [1.29, 1.82) is 0 Å². The number of carbonyl (C=O) groups excluding carboxylic acids is 1. The molecule has 0 saturated heterocycles. The maximum absolute atomic E-state index is 12.1. The Hall–Kier alpha value is -2.36. The predicted octanol–water partition coefficient (Wildman–Crippen LogP) is 2.54. The zero-order valence-corrected chi connectivity index (χ0v) is 10.8. The van der Waals surface area contributed by atoms with Crippen LogP contribution in [0.1, 0.15) is 35.4 Å². The molecule has 1 unspecified atom stereocenters. The highest BCUT2D eigenvalue weighted by molar-refractivity contribution is 5.92. The number of nitrogens with one attached hydrogen (secondary N) is 1. The fourth-order valence-corrected chi connectivity index (χ4v) is 1.92. The number of pyridine rings is 1. The molecule has 0 fully saturated rings. The van der Waals surface area contributed by atoms with Gasteiger partial charge in [-0.25, -0.2) is 4.98 Å². The average Bonchev–Trinajstić information content (AvgIpc) is 2.45. The molecule has 1 aromatic heterocycles. The Kier molecular flexibility index (Phi) is 4.13. The van der Waals surface area contributed by atoms with Crippen LogP contribution in [0, 0.1) is 0 Å². The summed E-state index contributed by atoms with van der Waals surface area (Å²) in [5.74, 6) is 0.142. The Bertz CT molecular complexity index is 554. The zero-order valence-electron chi connectivity index (χ0n) is 10.8. The maximum Gasteiger partial charge on any atom is 0.270 e. The topological polar surface area (TPSA) is 68.0 Å². The molecular weight excluding hydrogens is 238 g/mol. The van der Waals surface area contributed by atoms with Crippen LogP contribution in [0.2, 0.25) is 0 Å². The lowest BCUT2D eigenvalue weighted by Gasteiger charge is -2.17. The van der Waals surface area contributed by atoms with Crippen LogP contribution in [0.3, 0.4) is 0 Å². The number of nitrogens with zero attached hydrogens (tertiary/aromatic N) is 1. The van der Waals surface area contributed by atoms with Crippen LogP contribution in [-0.4, -0.2) is 10.9 Å².